The number of aromatic nitrogens is 1. The van der Waals surface area contributed by atoms with E-state index in [0.717, 1.165) is 17.3 Å². The van der Waals surface area contributed by atoms with Gasteiger partial charge in [0.25, 0.3) is 0 Å². The number of hydrogen-bond donors (Lipinski definition) is 2. The molecule has 0 aliphatic carbocycles. The molecule has 0 aliphatic heterocycles. The minimum atomic E-state index is 0.197. The van der Waals surface area contributed by atoms with Crippen LogP contribution in [0.3, 0.4) is 0 Å². The summed E-state index contributed by atoms with van der Waals surface area (Å²) >= 11 is 0. The molecule has 0 amide bonds. The first-order valence-electron chi connectivity index (χ1n) is 7.13. The molecule has 1 aromatic heterocycles. The first kappa shape index (κ1) is 15.0. The topological polar surface area (TPSA) is 49.3 Å². The van der Waals surface area contributed by atoms with Crippen LogP contribution in [-0.2, 0) is 6.54 Å². The Hall–Kier alpha value is -2.36. The Labute approximate surface area is 126 Å². The molecule has 1 aromatic carbocycles. The molecule has 0 saturated carbocycles. The van der Waals surface area contributed by atoms with Crippen molar-refractivity contribution in [2.75, 3.05) is 7.05 Å². The minimum Gasteiger partial charge on any atom is -0.351 e. The quantitative estimate of drug-likeness (QED) is 0.669. The van der Waals surface area contributed by atoms with Gasteiger partial charge in [0.15, 0.2) is 5.96 Å². The number of aliphatic imine (C=N–C) groups is 1. The van der Waals surface area contributed by atoms with Crippen molar-refractivity contribution in [3.05, 3.63) is 65.5 Å². The molecule has 0 bridgehead atoms. The third-order valence-electron chi connectivity index (χ3n) is 3.26. The van der Waals surface area contributed by atoms with Crippen LogP contribution in [0, 0.1) is 6.92 Å². The number of guanidine groups is 1. The van der Waals surface area contributed by atoms with Crippen LogP contribution in [0.2, 0.25) is 0 Å². The number of pyridine rings is 1. The summed E-state index contributed by atoms with van der Waals surface area (Å²) in [6.07, 6.45) is 0. The van der Waals surface area contributed by atoms with E-state index >= 15 is 0 Å². The second kappa shape index (κ2) is 7.43. The highest BCUT2D eigenvalue weighted by Gasteiger charge is 2.07. The Bertz CT molecular complexity index is 593. The van der Waals surface area contributed by atoms with Crippen LogP contribution >= 0.6 is 0 Å². The van der Waals surface area contributed by atoms with E-state index in [1.807, 2.05) is 43.3 Å². The van der Waals surface area contributed by atoms with Gasteiger partial charge < -0.3 is 10.6 Å². The molecule has 4 heteroatoms. The van der Waals surface area contributed by atoms with E-state index in [4.69, 9.17) is 0 Å². The first-order valence-corrected chi connectivity index (χ1v) is 7.13. The van der Waals surface area contributed by atoms with Crippen LogP contribution in [0.1, 0.15) is 29.9 Å². The Morgan fingerprint density at radius 1 is 1.14 bits per heavy atom. The summed E-state index contributed by atoms with van der Waals surface area (Å²) in [6.45, 7) is 4.77. The molecule has 2 aromatic rings. The van der Waals surface area contributed by atoms with Gasteiger partial charge in [0.1, 0.15) is 0 Å². The molecule has 21 heavy (non-hydrogen) atoms. The summed E-state index contributed by atoms with van der Waals surface area (Å²) in [5.74, 6) is 0.773. The SMILES string of the molecule is CN=C(NCc1cccc(C)n1)NC(C)c1ccccc1. The largest absolute Gasteiger partial charge is 0.351 e. The zero-order valence-electron chi connectivity index (χ0n) is 12.8. The van der Waals surface area contributed by atoms with Crippen LogP contribution in [-0.4, -0.2) is 18.0 Å². The van der Waals surface area contributed by atoms with E-state index in [1.165, 1.54) is 5.56 Å². The highest BCUT2D eigenvalue weighted by atomic mass is 15.2. The van der Waals surface area contributed by atoms with Crippen molar-refractivity contribution in [1.82, 2.24) is 15.6 Å². The maximum absolute atomic E-state index is 4.47. The van der Waals surface area contributed by atoms with Crippen LogP contribution in [0.5, 0.6) is 0 Å². The third-order valence-corrected chi connectivity index (χ3v) is 3.26. The van der Waals surface area contributed by atoms with Crippen LogP contribution < -0.4 is 10.6 Å². The van der Waals surface area contributed by atoms with Gasteiger partial charge in [-0.05, 0) is 31.5 Å². The van der Waals surface area contributed by atoms with Gasteiger partial charge in [-0.1, -0.05) is 36.4 Å². The van der Waals surface area contributed by atoms with E-state index in [2.05, 4.69) is 39.7 Å². The maximum atomic E-state index is 4.47. The predicted octanol–water partition coefficient (Wildman–Crippen LogP) is 2.82. The Kier molecular flexibility index (Phi) is 5.32. The fraction of sp³-hybridized carbons (Fsp3) is 0.294. The molecule has 0 radical (unpaired) electrons. The van der Waals surface area contributed by atoms with Crippen molar-refractivity contribution in [3.63, 3.8) is 0 Å². The number of nitrogens with zero attached hydrogens (tertiary/aromatic N) is 2. The summed E-state index contributed by atoms with van der Waals surface area (Å²) in [5.41, 5.74) is 3.26. The van der Waals surface area contributed by atoms with Crippen LogP contribution in [0.25, 0.3) is 0 Å². The molecule has 2 N–H and O–H groups in total. The fourth-order valence-corrected chi connectivity index (χ4v) is 2.10. The van der Waals surface area contributed by atoms with E-state index in [1.54, 1.807) is 7.05 Å². The Morgan fingerprint density at radius 3 is 2.57 bits per heavy atom. The van der Waals surface area contributed by atoms with Crippen molar-refractivity contribution in [2.45, 2.75) is 26.4 Å². The van der Waals surface area contributed by atoms with Gasteiger partial charge in [-0.2, -0.15) is 0 Å². The predicted molar refractivity (Wildman–Crippen MR) is 87.2 cm³/mol. The highest BCUT2D eigenvalue weighted by Crippen LogP contribution is 2.10. The molecule has 0 fully saturated rings. The van der Waals surface area contributed by atoms with Gasteiger partial charge in [-0.3, -0.25) is 9.98 Å². The van der Waals surface area contributed by atoms with Crippen LogP contribution in [0.15, 0.2) is 53.5 Å². The molecule has 2 rings (SSSR count). The van der Waals surface area contributed by atoms with Gasteiger partial charge in [0.05, 0.1) is 18.3 Å². The summed E-state index contributed by atoms with van der Waals surface area (Å²) in [6, 6.07) is 16.5. The standard InChI is InChI=1S/C17H22N4/c1-13-8-7-11-16(20-13)12-19-17(18-3)21-14(2)15-9-5-4-6-10-15/h4-11,14H,12H2,1-3H3,(H2,18,19,21). The summed E-state index contributed by atoms with van der Waals surface area (Å²) < 4.78 is 0. The second-order valence-electron chi connectivity index (χ2n) is 4.97. The van der Waals surface area contributed by atoms with Crippen molar-refractivity contribution >= 4 is 5.96 Å². The number of benzene rings is 1. The lowest BCUT2D eigenvalue weighted by Gasteiger charge is -2.18. The molecule has 0 saturated heterocycles. The zero-order valence-corrected chi connectivity index (χ0v) is 12.8. The fourth-order valence-electron chi connectivity index (χ4n) is 2.10. The van der Waals surface area contributed by atoms with Crippen molar-refractivity contribution in [2.24, 2.45) is 4.99 Å². The van der Waals surface area contributed by atoms with Crippen LogP contribution in [0.4, 0.5) is 0 Å². The zero-order chi connectivity index (χ0) is 15.1. The molecule has 4 nitrogen and oxygen atoms in total. The molecule has 110 valence electrons. The number of aryl methyl sites for hydroxylation is 1. The summed E-state index contributed by atoms with van der Waals surface area (Å²) in [5, 5.41) is 6.67. The lowest BCUT2D eigenvalue weighted by atomic mass is 10.1. The molecule has 1 heterocycles. The third kappa shape index (κ3) is 4.60. The normalized spacial score (nSPS) is 12.8. The monoisotopic (exact) mass is 282 g/mol. The molecule has 0 aliphatic rings. The Balaban J connectivity index is 1.92. The van der Waals surface area contributed by atoms with Crippen molar-refractivity contribution in [3.8, 4) is 0 Å². The van der Waals surface area contributed by atoms with E-state index < -0.39 is 0 Å². The van der Waals surface area contributed by atoms with Gasteiger partial charge in [0.2, 0.25) is 0 Å². The van der Waals surface area contributed by atoms with Gasteiger partial charge >= 0.3 is 0 Å². The smallest absolute Gasteiger partial charge is 0.191 e. The average Bonchev–Trinajstić information content (AvgIpc) is 2.52. The maximum Gasteiger partial charge on any atom is 0.191 e. The summed E-state index contributed by atoms with van der Waals surface area (Å²) in [7, 11) is 1.77. The first-order chi connectivity index (χ1) is 10.2. The number of hydrogen-bond acceptors (Lipinski definition) is 2. The highest BCUT2D eigenvalue weighted by molar-refractivity contribution is 5.80. The van der Waals surface area contributed by atoms with Crippen molar-refractivity contribution < 1.29 is 0 Å². The molecular weight excluding hydrogens is 260 g/mol. The van der Waals surface area contributed by atoms with Gasteiger partial charge in [-0.25, -0.2) is 0 Å². The second-order valence-corrected chi connectivity index (χ2v) is 4.97. The minimum absolute atomic E-state index is 0.197. The van der Waals surface area contributed by atoms with E-state index in [-0.39, 0.29) is 6.04 Å². The molecular formula is C17H22N4. The Morgan fingerprint density at radius 2 is 1.90 bits per heavy atom. The van der Waals surface area contributed by atoms with Gasteiger partial charge in [-0.15, -0.1) is 0 Å². The molecule has 0 spiro atoms. The lowest BCUT2D eigenvalue weighted by Crippen LogP contribution is -2.38. The molecule has 1 unspecified atom stereocenters. The molecule has 1 atom stereocenters. The van der Waals surface area contributed by atoms with Crippen molar-refractivity contribution in [1.29, 1.82) is 0 Å². The average molecular weight is 282 g/mol. The van der Waals surface area contributed by atoms with E-state index in [9.17, 15) is 0 Å². The number of rotatable bonds is 4. The summed E-state index contributed by atoms with van der Waals surface area (Å²) in [4.78, 5) is 8.73. The lowest BCUT2D eigenvalue weighted by molar-refractivity contribution is 0.682. The number of nitrogens with one attached hydrogen (secondary N) is 2. The van der Waals surface area contributed by atoms with Gasteiger partial charge in [0, 0.05) is 12.7 Å². The van der Waals surface area contributed by atoms with E-state index in [0.29, 0.717) is 6.54 Å².